The Kier molecular flexibility index (Phi) is 3.91. The summed E-state index contributed by atoms with van der Waals surface area (Å²) in [6.07, 6.45) is 4.80. The standard InChI is InChI=1S/C17H27N3O/c1-17(2,3)20-10-8-19(9-11-20)16-12-15(21)13-6-4-5-7-14(13)18-16/h4-12H2,1-3H3. The number of aliphatic imine (C=N–C) groups is 1. The van der Waals surface area contributed by atoms with E-state index in [-0.39, 0.29) is 5.54 Å². The summed E-state index contributed by atoms with van der Waals surface area (Å²) in [7, 11) is 0. The molecule has 1 aliphatic carbocycles. The summed E-state index contributed by atoms with van der Waals surface area (Å²) in [5.74, 6) is 1.35. The number of Topliss-reactive ketones (excluding diaryl/α,β-unsaturated/α-hetero) is 1. The molecule has 0 atom stereocenters. The number of hydrogen-bond donors (Lipinski definition) is 0. The number of carbonyl (C=O) groups excluding carboxylic acids is 1. The molecule has 1 saturated heterocycles. The molecule has 2 aliphatic heterocycles. The topological polar surface area (TPSA) is 35.9 Å². The van der Waals surface area contributed by atoms with E-state index in [1.54, 1.807) is 0 Å². The van der Waals surface area contributed by atoms with Gasteiger partial charge in [0.1, 0.15) is 5.84 Å². The van der Waals surface area contributed by atoms with E-state index in [1.165, 1.54) is 6.42 Å². The van der Waals surface area contributed by atoms with Crippen LogP contribution in [0.1, 0.15) is 52.9 Å². The molecule has 0 aromatic rings. The fraction of sp³-hybridized carbons (Fsp3) is 0.765. The Hall–Kier alpha value is -1.16. The van der Waals surface area contributed by atoms with Crippen molar-refractivity contribution in [3.63, 3.8) is 0 Å². The summed E-state index contributed by atoms with van der Waals surface area (Å²) < 4.78 is 0. The van der Waals surface area contributed by atoms with E-state index >= 15 is 0 Å². The summed E-state index contributed by atoms with van der Waals surface area (Å²) >= 11 is 0. The highest BCUT2D eigenvalue weighted by molar-refractivity contribution is 6.11. The lowest BCUT2D eigenvalue weighted by molar-refractivity contribution is -0.115. The van der Waals surface area contributed by atoms with Gasteiger partial charge in [0.25, 0.3) is 0 Å². The Balaban J connectivity index is 1.70. The van der Waals surface area contributed by atoms with Crippen molar-refractivity contribution in [3.05, 3.63) is 11.3 Å². The molecule has 116 valence electrons. The predicted molar refractivity (Wildman–Crippen MR) is 85.5 cm³/mol. The molecule has 0 N–H and O–H groups in total. The Bertz CT molecular complexity index is 491. The highest BCUT2D eigenvalue weighted by Crippen LogP contribution is 2.31. The largest absolute Gasteiger partial charge is 0.357 e. The SMILES string of the molecule is CC(C)(C)N1CCN(C2=NC3=C(CCCC3)C(=O)C2)CC1. The van der Waals surface area contributed by atoms with Crippen molar-refractivity contribution in [2.75, 3.05) is 26.2 Å². The van der Waals surface area contributed by atoms with Crippen molar-refractivity contribution >= 4 is 11.6 Å². The number of nitrogens with zero attached hydrogens (tertiary/aromatic N) is 3. The van der Waals surface area contributed by atoms with Gasteiger partial charge < -0.3 is 4.90 Å². The van der Waals surface area contributed by atoms with Crippen molar-refractivity contribution in [3.8, 4) is 0 Å². The van der Waals surface area contributed by atoms with E-state index in [2.05, 4.69) is 30.6 Å². The molecule has 0 spiro atoms. The zero-order chi connectivity index (χ0) is 15.0. The summed E-state index contributed by atoms with van der Waals surface area (Å²) in [6.45, 7) is 10.9. The molecule has 0 bridgehead atoms. The normalized spacial score (nSPS) is 25.0. The highest BCUT2D eigenvalue weighted by Gasteiger charge is 2.31. The number of amidine groups is 1. The minimum Gasteiger partial charge on any atom is -0.357 e. The average Bonchev–Trinajstić information content (AvgIpc) is 2.46. The number of allylic oxidation sites excluding steroid dienone is 2. The minimum absolute atomic E-state index is 0.231. The van der Waals surface area contributed by atoms with Crippen molar-refractivity contribution in [2.24, 2.45) is 4.99 Å². The Morgan fingerprint density at radius 3 is 2.33 bits per heavy atom. The van der Waals surface area contributed by atoms with Crippen LogP contribution in [0.15, 0.2) is 16.3 Å². The number of piperazine rings is 1. The molecule has 0 amide bonds. The molecule has 2 heterocycles. The molecule has 0 aromatic carbocycles. The molecule has 3 rings (SSSR count). The van der Waals surface area contributed by atoms with Crippen molar-refractivity contribution in [1.29, 1.82) is 0 Å². The Morgan fingerprint density at radius 2 is 1.67 bits per heavy atom. The number of ketones is 1. The van der Waals surface area contributed by atoms with Crippen LogP contribution < -0.4 is 0 Å². The van der Waals surface area contributed by atoms with E-state index in [0.717, 1.165) is 62.5 Å². The maximum absolute atomic E-state index is 12.3. The van der Waals surface area contributed by atoms with Crippen LogP contribution in [0.3, 0.4) is 0 Å². The zero-order valence-corrected chi connectivity index (χ0v) is 13.6. The smallest absolute Gasteiger partial charge is 0.168 e. The van der Waals surface area contributed by atoms with Crippen LogP contribution >= 0.6 is 0 Å². The first-order chi connectivity index (χ1) is 9.95. The lowest BCUT2D eigenvalue weighted by Crippen LogP contribution is -2.55. The monoisotopic (exact) mass is 289 g/mol. The molecule has 4 nitrogen and oxygen atoms in total. The highest BCUT2D eigenvalue weighted by atomic mass is 16.1. The second-order valence-corrected chi connectivity index (χ2v) is 7.41. The maximum atomic E-state index is 12.3. The fourth-order valence-corrected chi connectivity index (χ4v) is 3.58. The first kappa shape index (κ1) is 14.8. The summed E-state index contributed by atoms with van der Waals surface area (Å²) in [4.78, 5) is 22.0. The lowest BCUT2D eigenvalue weighted by Gasteiger charge is -2.43. The van der Waals surface area contributed by atoms with Crippen molar-refractivity contribution < 1.29 is 4.79 Å². The molecule has 0 unspecified atom stereocenters. The molecule has 4 heteroatoms. The third kappa shape index (κ3) is 3.05. The van der Waals surface area contributed by atoms with Crippen molar-refractivity contribution in [2.45, 2.75) is 58.4 Å². The average molecular weight is 289 g/mol. The van der Waals surface area contributed by atoms with Gasteiger partial charge in [-0.25, -0.2) is 4.99 Å². The Labute approximate surface area is 127 Å². The maximum Gasteiger partial charge on any atom is 0.168 e. The van der Waals surface area contributed by atoms with Crippen LogP contribution in [0.5, 0.6) is 0 Å². The van der Waals surface area contributed by atoms with Gasteiger partial charge in [-0.1, -0.05) is 0 Å². The molecular weight excluding hydrogens is 262 g/mol. The molecule has 0 aromatic heterocycles. The van der Waals surface area contributed by atoms with Gasteiger partial charge in [0.15, 0.2) is 5.78 Å². The molecule has 3 aliphatic rings. The van der Waals surface area contributed by atoms with Crippen LogP contribution in [-0.4, -0.2) is 53.1 Å². The second-order valence-electron chi connectivity index (χ2n) is 7.41. The van der Waals surface area contributed by atoms with Gasteiger partial charge >= 0.3 is 0 Å². The third-order valence-corrected chi connectivity index (χ3v) is 4.95. The van der Waals surface area contributed by atoms with E-state index in [9.17, 15) is 4.79 Å². The van der Waals surface area contributed by atoms with Gasteiger partial charge in [0.2, 0.25) is 0 Å². The number of hydrogen-bond acceptors (Lipinski definition) is 4. The minimum atomic E-state index is 0.231. The van der Waals surface area contributed by atoms with Crippen LogP contribution in [0.25, 0.3) is 0 Å². The van der Waals surface area contributed by atoms with Gasteiger partial charge in [-0.15, -0.1) is 0 Å². The van der Waals surface area contributed by atoms with Gasteiger partial charge in [0.05, 0.1) is 6.42 Å². The van der Waals surface area contributed by atoms with Gasteiger partial charge in [0, 0.05) is 43.0 Å². The van der Waals surface area contributed by atoms with E-state index in [1.807, 2.05) is 0 Å². The van der Waals surface area contributed by atoms with Crippen LogP contribution in [0.2, 0.25) is 0 Å². The van der Waals surface area contributed by atoms with Crippen LogP contribution in [0.4, 0.5) is 0 Å². The predicted octanol–water partition coefficient (Wildman–Crippen LogP) is 2.60. The summed E-state index contributed by atoms with van der Waals surface area (Å²) in [5.41, 5.74) is 2.35. The molecule has 0 radical (unpaired) electrons. The van der Waals surface area contributed by atoms with Crippen LogP contribution in [-0.2, 0) is 4.79 Å². The molecule has 21 heavy (non-hydrogen) atoms. The molecule has 0 saturated carbocycles. The van der Waals surface area contributed by atoms with Crippen molar-refractivity contribution in [1.82, 2.24) is 9.80 Å². The first-order valence-corrected chi connectivity index (χ1v) is 8.28. The van der Waals surface area contributed by atoms with E-state index in [0.29, 0.717) is 12.2 Å². The summed E-state index contributed by atoms with van der Waals surface area (Å²) in [6, 6.07) is 0. The summed E-state index contributed by atoms with van der Waals surface area (Å²) in [5, 5.41) is 0. The Morgan fingerprint density at radius 1 is 1.00 bits per heavy atom. The second kappa shape index (κ2) is 5.56. The van der Waals surface area contributed by atoms with Crippen LogP contribution in [0, 0.1) is 0 Å². The zero-order valence-electron chi connectivity index (χ0n) is 13.6. The van der Waals surface area contributed by atoms with Gasteiger partial charge in [-0.05, 0) is 46.5 Å². The number of carbonyl (C=O) groups is 1. The fourth-order valence-electron chi connectivity index (χ4n) is 3.58. The third-order valence-electron chi connectivity index (χ3n) is 4.95. The van der Waals surface area contributed by atoms with Gasteiger partial charge in [-0.2, -0.15) is 0 Å². The van der Waals surface area contributed by atoms with E-state index in [4.69, 9.17) is 4.99 Å². The molecule has 1 fully saturated rings. The number of rotatable bonds is 0. The van der Waals surface area contributed by atoms with E-state index < -0.39 is 0 Å². The van der Waals surface area contributed by atoms with Gasteiger partial charge in [-0.3, -0.25) is 9.69 Å². The first-order valence-electron chi connectivity index (χ1n) is 8.28. The molecular formula is C17H27N3O. The lowest BCUT2D eigenvalue weighted by atomic mass is 9.90. The quantitative estimate of drug-likeness (QED) is 0.688.